The Balaban J connectivity index is 1.85. The van der Waals surface area contributed by atoms with Crippen LogP contribution >= 0.6 is 0 Å². The Morgan fingerprint density at radius 1 is 1.21 bits per heavy atom. The molecular formula is C16H14N2O6. The first kappa shape index (κ1) is 16.0. The number of nitro groups is 1. The van der Waals surface area contributed by atoms with Crippen LogP contribution in [0.25, 0.3) is 0 Å². The van der Waals surface area contributed by atoms with Gasteiger partial charge in [0.1, 0.15) is 0 Å². The van der Waals surface area contributed by atoms with Gasteiger partial charge in [-0.1, -0.05) is 0 Å². The molecule has 3 rings (SSSR count). The van der Waals surface area contributed by atoms with Crippen LogP contribution in [0.15, 0.2) is 42.7 Å². The zero-order valence-corrected chi connectivity index (χ0v) is 12.6. The number of hydrogen-bond acceptors (Lipinski definition) is 7. The summed E-state index contributed by atoms with van der Waals surface area (Å²) < 4.78 is 16.0. The minimum absolute atomic E-state index is 0.138. The van der Waals surface area contributed by atoms with Crippen LogP contribution in [0.5, 0.6) is 5.75 Å². The van der Waals surface area contributed by atoms with Crippen molar-refractivity contribution < 1.29 is 23.9 Å². The molecule has 0 atom stereocenters. The van der Waals surface area contributed by atoms with Crippen LogP contribution in [0.4, 0.5) is 5.69 Å². The van der Waals surface area contributed by atoms with E-state index in [9.17, 15) is 14.9 Å². The van der Waals surface area contributed by atoms with E-state index in [4.69, 9.17) is 14.2 Å². The van der Waals surface area contributed by atoms with Gasteiger partial charge in [-0.05, 0) is 30.7 Å². The number of benzene rings is 1. The fraction of sp³-hybridized carbons (Fsp3) is 0.250. The van der Waals surface area contributed by atoms with Crippen LogP contribution in [0.1, 0.15) is 28.6 Å². The van der Waals surface area contributed by atoms with Gasteiger partial charge in [-0.3, -0.25) is 15.1 Å². The van der Waals surface area contributed by atoms with Crippen LogP contribution in [0.2, 0.25) is 0 Å². The summed E-state index contributed by atoms with van der Waals surface area (Å²) in [7, 11) is 0. The second-order valence-electron chi connectivity index (χ2n) is 5.04. The third-order valence-electron chi connectivity index (χ3n) is 3.40. The molecule has 8 heteroatoms. The van der Waals surface area contributed by atoms with Gasteiger partial charge in [0.05, 0.1) is 23.7 Å². The lowest BCUT2D eigenvalue weighted by Crippen LogP contribution is -2.18. The first-order chi connectivity index (χ1) is 11.6. The number of nitro benzene ring substituents is 1. The lowest BCUT2D eigenvalue weighted by molar-refractivity contribution is -0.385. The molecule has 1 saturated heterocycles. The number of hydrogen-bond donors (Lipinski definition) is 0. The second kappa shape index (κ2) is 7.16. The Hall–Kier alpha value is -2.84. The summed E-state index contributed by atoms with van der Waals surface area (Å²) in [5, 5.41) is 11.3. The van der Waals surface area contributed by atoms with Gasteiger partial charge < -0.3 is 14.2 Å². The van der Waals surface area contributed by atoms with Gasteiger partial charge in [0.15, 0.2) is 6.29 Å². The molecule has 1 aromatic carbocycles. The summed E-state index contributed by atoms with van der Waals surface area (Å²) in [4.78, 5) is 26.5. The minimum Gasteiger partial charge on any atom is -0.416 e. The van der Waals surface area contributed by atoms with E-state index in [1.807, 2.05) is 0 Å². The molecule has 0 saturated carbocycles. The Morgan fingerprint density at radius 3 is 2.58 bits per heavy atom. The highest BCUT2D eigenvalue weighted by molar-refractivity contribution is 5.91. The van der Waals surface area contributed by atoms with Gasteiger partial charge in [0.2, 0.25) is 5.75 Å². The van der Waals surface area contributed by atoms with Crippen molar-refractivity contribution in [2.24, 2.45) is 0 Å². The molecule has 1 fully saturated rings. The molecule has 24 heavy (non-hydrogen) atoms. The number of carbonyl (C=O) groups is 1. The average molecular weight is 330 g/mol. The molecule has 1 aliphatic rings. The molecule has 8 nitrogen and oxygen atoms in total. The molecule has 0 amide bonds. The summed E-state index contributed by atoms with van der Waals surface area (Å²) in [5.41, 5.74) is 0.431. The molecule has 0 radical (unpaired) electrons. The van der Waals surface area contributed by atoms with Gasteiger partial charge in [-0.25, -0.2) is 4.79 Å². The van der Waals surface area contributed by atoms with Gasteiger partial charge >= 0.3 is 11.7 Å². The summed E-state index contributed by atoms with van der Waals surface area (Å²) >= 11 is 0. The Morgan fingerprint density at radius 2 is 1.92 bits per heavy atom. The lowest BCUT2D eigenvalue weighted by atomic mass is 10.1. The normalized spacial score (nSPS) is 15.0. The van der Waals surface area contributed by atoms with Crippen LogP contribution in [-0.2, 0) is 9.47 Å². The monoisotopic (exact) mass is 330 g/mol. The standard InChI is InChI=1S/C16H14N2O6/c19-15(11-4-6-17-7-5-11)24-14-3-2-12(10-13(14)18(20)21)16-22-8-1-9-23-16/h2-7,10,16H,1,8-9H2. The predicted molar refractivity (Wildman–Crippen MR) is 81.6 cm³/mol. The summed E-state index contributed by atoms with van der Waals surface area (Å²) in [6, 6.07) is 7.18. The number of ether oxygens (including phenoxy) is 3. The van der Waals surface area contributed by atoms with Gasteiger partial charge in [0, 0.05) is 24.0 Å². The molecular weight excluding hydrogens is 316 g/mol. The van der Waals surface area contributed by atoms with Crippen molar-refractivity contribution in [3.05, 3.63) is 64.0 Å². The molecule has 1 aliphatic heterocycles. The van der Waals surface area contributed by atoms with E-state index in [-0.39, 0.29) is 17.0 Å². The summed E-state index contributed by atoms with van der Waals surface area (Å²) in [6.07, 6.45) is 3.00. The van der Waals surface area contributed by atoms with Crippen molar-refractivity contribution in [3.8, 4) is 5.75 Å². The van der Waals surface area contributed by atoms with Crippen LogP contribution < -0.4 is 4.74 Å². The third-order valence-corrected chi connectivity index (χ3v) is 3.40. The fourth-order valence-corrected chi connectivity index (χ4v) is 2.24. The zero-order chi connectivity index (χ0) is 16.9. The Bertz CT molecular complexity index is 743. The number of rotatable bonds is 4. The van der Waals surface area contributed by atoms with Gasteiger partial charge in [0.25, 0.3) is 0 Å². The molecule has 0 spiro atoms. The van der Waals surface area contributed by atoms with Crippen molar-refractivity contribution in [1.29, 1.82) is 0 Å². The largest absolute Gasteiger partial charge is 0.416 e. The fourth-order valence-electron chi connectivity index (χ4n) is 2.24. The quantitative estimate of drug-likeness (QED) is 0.367. The Kier molecular flexibility index (Phi) is 4.78. The third kappa shape index (κ3) is 3.55. The molecule has 2 heterocycles. The molecule has 0 aliphatic carbocycles. The van der Waals surface area contributed by atoms with E-state index in [0.717, 1.165) is 6.42 Å². The SMILES string of the molecule is O=C(Oc1ccc(C2OCCCO2)cc1[N+](=O)[O-])c1ccncc1. The summed E-state index contributed by atoms with van der Waals surface area (Å²) in [5.74, 6) is -0.834. The van der Waals surface area contributed by atoms with Crippen molar-refractivity contribution in [2.45, 2.75) is 12.7 Å². The van der Waals surface area contributed by atoms with Gasteiger partial charge in [-0.15, -0.1) is 0 Å². The predicted octanol–water partition coefficient (Wildman–Crippen LogP) is 2.64. The van der Waals surface area contributed by atoms with E-state index in [1.54, 1.807) is 6.07 Å². The molecule has 0 N–H and O–H groups in total. The average Bonchev–Trinajstić information content (AvgIpc) is 2.63. The highest BCUT2D eigenvalue weighted by Gasteiger charge is 2.24. The smallest absolute Gasteiger partial charge is 0.343 e. The molecule has 0 bridgehead atoms. The molecule has 0 unspecified atom stereocenters. The topological polar surface area (TPSA) is 101 Å². The van der Waals surface area contributed by atoms with Crippen LogP contribution in [-0.4, -0.2) is 29.1 Å². The van der Waals surface area contributed by atoms with E-state index >= 15 is 0 Å². The maximum atomic E-state index is 12.1. The number of esters is 1. The number of aromatic nitrogens is 1. The highest BCUT2D eigenvalue weighted by Crippen LogP contribution is 2.33. The number of pyridine rings is 1. The van der Waals surface area contributed by atoms with E-state index in [2.05, 4.69) is 4.98 Å². The van der Waals surface area contributed by atoms with Crippen LogP contribution in [0, 0.1) is 10.1 Å². The van der Waals surface area contributed by atoms with Crippen molar-refractivity contribution in [3.63, 3.8) is 0 Å². The zero-order valence-electron chi connectivity index (χ0n) is 12.6. The Labute approximate surface area is 137 Å². The highest BCUT2D eigenvalue weighted by atomic mass is 16.7. The van der Waals surface area contributed by atoms with Crippen molar-refractivity contribution in [1.82, 2.24) is 4.98 Å². The minimum atomic E-state index is -0.696. The first-order valence-corrected chi connectivity index (χ1v) is 7.29. The lowest BCUT2D eigenvalue weighted by Gasteiger charge is -2.23. The van der Waals surface area contributed by atoms with E-state index in [0.29, 0.717) is 18.8 Å². The maximum Gasteiger partial charge on any atom is 0.343 e. The second-order valence-corrected chi connectivity index (χ2v) is 5.04. The van der Waals surface area contributed by atoms with Gasteiger partial charge in [-0.2, -0.15) is 0 Å². The van der Waals surface area contributed by atoms with Crippen LogP contribution in [0.3, 0.4) is 0 Å². The number of nitrogens with zero attached hydrogens (tertiary/aromatic N) is 2. The number of carbonyl (C=O) groups excluding carboxylic acids is 1. The first-order valence-electron chi connectivity index (χ1n) is 7.29. The van der Waals surface area contributed by atoms with Crippen molar-refractivity contribution in [2.75, 3.05) is 13.2 Å². The molecule has 124 valence electrons. The van der Waals surface area contributed by atoms with Crippen molar-refractivity contribution >= 4 is 11.7 Å². The summed E-state index contributed by atoms with van der Waals surface area (Å²) in [6.45, 7) is 1.05. The molecule has 1 aromatic heterocycles. The molecule has 2 aromatic rings. The van der Waals surface area contributed by atoms with E-state index in [1.165, 1.54) is 36.7 Å². The maximum absolute atomic E-state index is 12.1. The van der Waals surface area contributed by atoms with E-state index < -0.39 is 17.2 Å².